The van der Waals surface area contributed by atoms with Crippen LogP contribution in [0.2, 0.25) is 0 Å². The van der Waals surface area contributed by atoms with Crippen molar-refractivity contribution in [1.29, 1.82) is 0 Å². The van der Waals surface area contributed by atoms with Crippen molar-refractivity contribution in [3.63, 3.8) is 0 Å². The minimum Gasteiger partial charge on any atom is -0.0917 e. The van der Waals surface area contributed by atoms with Crippen molar-refractivity contribution in [3.05, 3.63) is 47.0 Å². The highest BCUT2D eigenvalue weighted by Crippen LogP contribution is 2.12. The zero-order valence-electron chi connectivity index (χ0n) is 10.8. The lowest BCUT2D eigenvalue weighted by molar-refractivity contribution is 0.982. The van der Waals surface area contributed by atoms with E-state index in [2.05, 4.69) is 51.1 Å². The molecular weight excluding hydrogens is 180 g/mol. The fraction of sp³-hybridized carbons (Fsp3) is 0.467. The Balaban J connectivity index is 0.000000921. The summed E-state index contributed by atoms with van der Waals surface area (Å²) in [5.74, 6) is 0. The third-order valence-corrected chi connectivity index (χ3v) is 2.32. The van der Waals surface area contributed by atoms with Crippen LogP contribution in [0.5, 0.6) is 0 Å². The van der Waals surface area contributed by atoms with Crippen LogP contribution in [0.1, 0.15) is 43.9 Å². The van der Waals surface area contributed by atoms with E-state index in [0.29, 0.717) is 0 Å². The van der Waals surface area contributed by atoms with Crippen molar-refractivity contribution in [1.82, 2.24) is 0 Å². The Morgan fingerprint density at radius 3 is 2.40 bits per heavy atom. The molecule has 0 aliphatic heterocycles. The normalized spacial score (nSPS) is 9.93. The number of hydrogen-bond acceptors (Lipinski definition) is 0. The third kappa shape index (κ3) is 5.41. The zero-order chi connectivity index (χ0) is 11.7. The number of allylic oxidation sites excluding steroid dienone is 2. The van der Waals surface area contributed by atoms with Crippen molar-refractivity contribution in [2.45, 2.75) is 47.5 Å². The minimum absolute atomic E-state index is 1.15. The second-order valence-electron chi connectivity index (χ2n) is 3.54. The Morgan fingerprint density at radius 1 is 1.13 bits per heavy atom. The first kappa shape index (κ1) is 14.0. The maximum absolute atomic E-state index is 2.29. The van der Waals surface area contributed by atoms with Gasteiger partial charge in [0.2, 0.25) is 0 Å². The standard InChI is InChI=1S/C13H18.C2H6/c1-4-5-6-7-13-10-11(2)8-9-12(13)3;1-2/h4-5,8-10H,6-7H2,1-3H3;1-2H3/b5-4-;. The summed E-state index contributed by atoms with van der Waals surface area (Å²) in [7, 11) is 0. The lowest BCUT2D eigenvalue weighted by Gasteiger charge is -2.04. The molecule has 0 heteroatoms. The molecule has 0 spiro atoms. The van der Waals surface area contributed by atoms with Crippen molar-refractivity contribution in [2.24, 2.45) is 0 Å². The summed E-state index contributed by atoms with van der Waals surface area (Å²) in [5, 5.41) is 0. The molecule has 0 N–H and O–H groups in total. The molecule has 0 amide bonds. The van der Waals surface area contributed by atoms with Crippen molar-refractivity contribution >= 4 is 0 Å². The van der Waals surface area contributed by atoms with Gasteiger partial charge in [0.25, 0.3) is 0 Å². The van der Waals surface area contributed by atoms with E-state index in [4.69, 9.17) is 0 Å². The van der Waals surface area contributed by atoms with Crippen LogP contribution in [-0.4, -0.2) is 0 Å². The van der Waals surface area contributed by atoms with Gasteiger partial charge in [0.05, 0.1) is 0 Å². The number of hydrogen-bond donors (Lipinski definition) is 0. The Hall–Kier alpha value is -1.04. The average Bonchev–Trinajstić information content (AvgIpc) is 2.26. The molecule has 0 aliphatic carbocycles. The molecule has 0 unspecified atom stereocenters. The van der Waals surface area contributed by atoms with Gasteiger partial charge in [0.15, 0.2) is 0 Å². The van der Waals surface area contributed by atoms with E-state index in [1.54, 1.807) is 0 Å². The van der Waals surface area contributed by atoms with Gasteiger partial charge in [-0.15, -0.1) is 0 Å². The predicted octanol–water partition coefficient (Wildman–Crippen LogP) is 4.84. The van der Waals surface area contributed by atoms with Crippen molar-refractivity contribution in [3.8, 4) is 0 Å². The van der Waals surface area contributed by atoms with Crippen LogP contribution in [0, 0.1) is 13.8 Å². The van der Waals surface area contributed by atoms with E-state index < -0.39 is 0 Å². The number of benzene rings is 1. The fourth-order valence-corrected chi connectivity index (χ4v) is 1.48. The maximum Gasteiger partial charge on any atom is -0.0241 e. The van der Waals surface area contributed by atoms with Crippen LogP contribution in [0.3, 0.4) is 0 Å². The molecule has 0 radical (unpaired) electrons. The molecule has 0 saturated heterocycles. The molecule has 15 heavy (non-hydrogen) atoms. The van der Waals surface area contributed by atoms with E-state index in [0.717, 1.165) is 12.8 Å². The van der Waals surface area contributed by atoms with Gasteiger partial charge < -0.3 is 0 Å². The molecule has 0 bridgehead atoms. The minimum atomic E-state index is 1.15. The summed E-state index contributed by atoms with van der Waals surface area (Å²) >= 11 is 0. The van der Waals surface area contributed by atoms with Crippen LogP contribution in [0.15, 0.2) is 30.4 Å². The Kier molecular flexibility index (Phi) is 7.71. The van der Waals surface area contributed by atoms with Crippen LogP contribution in [0.25, 0.3) is 0 Å². The Labute approximate surface area is 95.0 Å². The first-order valence-corrected chi connectivity index (χ1v) is 5.91. The van der Waals surface area contributed by atoms with Crippen LogP contribution < -0.4 is 0 Å². The molecule has 1 rings (SSSR count). The molecule has 0 heterocycles. The van der Waals surface area contributed by atoms with Crippen molar-refractivity contribution in [2.75, 3.05) is 0 Å². The summed E-state index contributed by atoms with van der Waals surface area (Å²) in [6.07, 6.45) is 6.66. The third-order valence-electron chi connectivity index (χ3n) is 2.32. The fourth-order valence-electron chi connectivity index (χ4n) is 1.48. The maximum atomic E-state index is 2.29. The zero-order valence-corrected chi connectivity index (χ0v) is 10.8. The Bertz CT molecular complexity index is 295. The summed E-state index contributed by atoms with van der Waals surface area (Å²) in [6, 6.07) is 6.67. The van der Waals surface area contributed by atoms with E-state index in [1.807, 2.05) is 13.8 Å². The molecule has 84 valence electrons. The lowest BCUT2D eigenvalue weighted by atomic mass is 10.0. The average molecular weight is 204 g/mol. The predicted molar refractivity (Wildman–Crippen MR) is 70.4 cm³/mol. The van der Waals surface area contributed by atoms with E-state index in [9.17, 15) is 0 Å². The smallest absolute Gasteiger partial charge is 0.0241 e. The first-order valence-electron chi connectivity index (χ1n) is 5.91. The molecule has 0 aromatic heterocycles. The summed E-state index contributed by atoms with van der Waals surface area (Å²) in [6.45, 7) is 10.4. The largest absolute Gasteiger partial charge is 0.0917 e. The van der Waals surface area contributed by atoms with Gasteiger partial charge in [0, 0.05) is 0 Å². The Morgan fingerprint density at radius 2 is 1.80 bits per heavy atom. The van der Waals surface area contributed by atoms with Gasteiger partial charge in [-0.05, 0) is 44.7 Å². The number of aryl methyl sites for hydroxylation is 3. The van der Waals surface area contributed by atoms with Crippen LogP contribution in [0.4, 0.5) is 0 Å². The van der Waals surface area contributed by atoms with E-state index in [1.165, 1.54) is 16.7 Å². The second kappa shape index (κ2) is 8.28. The molecule has 0 aliphatic rings. The molecule has 1 aromatic carbocycles. The van der Waals surface area contributed by atoms with Gasteiger partial charge in [-0.2, -0.15) is 0 Å². The molecule has 0 saturated carbocycles. The summed E-state index contributed by atoms with van der Waals surface area (Å²) in [4.78, 5) is 0. The summed E-state index contributed by atoms with van der Waals surface area (Å²) in [5.41, 5.74) is 4.26. The molecule has 1 aromatic rings. The van der Waals surface area contributed by atoms with Crippen molar-refractivity contribution < 1.29 is 0 Å². The molecule has 0 fully saturated rings. The monoisotopic (exact) mass is 204 g/mol. The highest BCUT2D eigenvalue weighted by molar-refractivity contribution is 5.30. The van der Waals surface area contributed by atoms with Gasteiger partial charge in [-0.3, -0.25) is 0 Å². The highest BCUT2D eigenvalue weighted by Gasteiger charge is 1.96. The first-order chi connectivity index (χ1) is 7.24. The number of rotatable bonds is 3. The second-order valence-corrected chi connectivity index (χ2v) is 3.54. The van der Waals surface area contributed by atoms with Crippen LogP contribution >= 0.6 is 0 Å². The SMILES string of the molecule is C/C=C\CCc1cc(C)ccc1C.CC. The topological polar surface area (TPSA) is 0 Å². The van der Waals surface area contributed by atoms with E-state index >= 15 is 0 Å². The van der Waals surface area contributed by atoms with Gasteiger partial charge in [0.1, 0.15) is 0 Å². The van der Waals surface area contributed by atoms with Gasteiger partial charge in [-0.1, -0.05) is 49.8 Å². The highest BCUT2D eigenvalue weighted by atomic mass is 14.0. The molecular formula is C15H24. The summed E-state index contributed by atoms with van der Waals surface area (Å²) < 4.78 is 0. The van der Waals surface area contributed by atoms with Crippen LogP contribution in [-0.2, 0) is 6.42 Å². The molecule has 0 atom stereocenters. The quantitative estimate of drug-likeness (QED) is 0.618. The molecule has 0 nitrogen and oxygen atoms in total. The van der Waals surface area contributed by atoms with Gasteiger partial charge in [-0.25, -0.2) is 0 Å². The van der Waals surface area contributed by atoms with E-state index in [-0.39, 0.29) is 0 Å². The van der Waals surface area contributed by atoms with Gasteiger partial charge >= 0.3 is 0 Å². The lowest BCUT2D eigenvalue weighted by Crippen LogP contribution is -1.89.